The van der Waals surface area contributed by atoms with Crippen molar-refractivity contribution in [2.45, 2.75) is 19.9 Å². The molecule has 1 saturated heterocycles. The van der Waals surface area contributed by atoms with Crippen LogP contribution in [0.5, 0.6) is 0 Å². The van der Waals surface area contributed by atoms with Crippen LogP contribution in [0.1, 0.15) is 25.5 Å². The molecule has 0 saturated carbocycles. The standard InChI is InChI=1S/C13H18NO5P/c1-3-18-20(16,19-4-2)14-12(10-17-13(14)15)11-8-6-5-7-9-11/h5-9,12H,3-4,10H2,1-2H3/t12-/m1/s1. The lowest BCUT2D eigenvalue weighted by Gasteiger charge is -2.28. The van der Waals surface area contributed by atoms with E-state index in [1.807, 2.05) is 30.3 Å². The first-order chi connectivity index (χ1) is 9.62. The molecule has 0 aromatic heterocycles. The molecule has 2 rings (SSSR count). The third-order valence-corrected chi connectivity index (χ3v) is 5.02. The second-order valence-corrected chi connectivity index (χ2v) is 6.04. The Bertz CT molecular complexity index is 497. The molecule has 7 heteroatoms. The first-order valence-electron chi connectivity index (χ1n) is 6.53. The van der Waals surface area contributed by atoms with E-state index in [0.29, 0.717) is 0 Å². The van der Waals surface area contributed by atoms with E-state index in [9.17, 15) is 9.36 Å². The van der Waals surface area contributed by atoms with Crippen molar-refractivity contribution in [2.75, 3.05) is 19.8 Å². The topological polar surface area (TPSA) is 65.1 Å². The number of rotatable bonds is 6. The molecule has 0 N–H and O–H groups in total. The summed E-state index contributed by atoms with van der Waals surface area (Å²) < 4.78 is 29.4. The highest BCUT2D eigenvalue weighted by Gasteiger charge is 2.48. The van der Waals surface area contributed by atoms with E-state index in [1.54, 1.807) is 13.8 Å². The molecule has 6 nitrogen and oxygen atoms in total. The van der Waals surface area contributed by atoms with Gasteiger partial charge < -0.3 is 4.74 Å². The van der Waals surface area contributed by atoms with Crippen LogP contribution in [0.2, 0.25) is 0 Å². The lowest BCUT2D eigenvalue weighted by molar-refractivity contribution is 0.149. The van der Waals surface area contributed by atoms with E-state index in [4.69, 9.17) is 13.8 Å². The zero-order valence-corrected chi connectivity index (χ0v) is 12.4. The van der Waals surface area contributed by atoms with Gasteiger partial charge in [-0.1, -0.05) is 30.3 Å². The maximum atomic E-state index is 12.8. The van der Waals surface area contributed by atoms with Crippen LogP contribution in [0, 0.1) is 0 Å². The van der Waals surface area contributed by atoms with Crippen LogP contribution in [-0.2, 0) is 18.3 Å². The predicted molar refractivity (Wildman–Crippen MR) is 73.2 cm³/mol. The minimum Gasteiger partial charge on any atom is -0.446 e. The number of benzene rings is 1. The number of hydrogen-bond acceptors (Lipinski definition) is 5. The summed E-state index contributed by atoms with van der Waals surface area (Å²) in [5, 5.41) is 0. The summed E-state index contributed by atoms with van der Waals surface area (Å²) in [5.74, 6) is 0. The molecule has 0 unspecified atom stereocenters. The molecule has 1 aliphatic rings. The van der Waals surface area contributed by atoms with Crippen molar-refractivity contribution in [1.29, 1.82) is 0 Å². The first kappa shape index (κ1) is 15.0. The molecule has 0 aliphatic carbocycles. The minimum absolute atomic E-state index is 0.132. The summed E-state index contributed by atoms with van der Waals surface area (Å²) in [6, 6.07) is 8.80. The highest BCUT2D eigenvalue weighted by atomic mass is 31.2. The summed E-state index contributed by atoms with van der Waals surface area (Å²) in [6.07, 6.45) is -0.677. The van der Waals surface area contributed by atoms with Gasteiger partial charge in [-0.2, -0.15) is 0 Å². The Morgan fingerprint density at radius 3 is 2.40 bits per heavy atom. The summed E-state index contributed by atoms with van der Waals surface area (Å²) in [4.78, 5) is 11.9. The Labute approximate surface area is 118 Å². The third kappa shape index (κ3) is 2.87. The highest BCUT2D eigenvalue weighted by Crippen LogP contribution is 2.57. The van der Waals surface area contributed by atoms with E-state index < -0.39 is 19.9 Å². The molecule has 0 spiro atoms. The fourth-order valence-electron chi connectivity index (χ4n) is 2.09. The van der Waals surface area contributed by atoms with Gasteiger partial charge in [-0.15, -0.1) is 0 Å². The average molecular weight is 299 g/mol. The fourth-order valence-corrected chi connectivity index (χ4v) is 3.86. The zero-order valence-electron chi connectivity index (χ0n) is 11.5. The number of carbonyl (C=O) groups excluding carboxylic acids is 1. The minimum atomic E-state index is -3.69. The Hall–Kier alpha value is -1.36. The second kappa shape index (κ2) is 6.39. The molecule has 1 aliphatic heterocycles. The maximum absolute atomic E-state index is 12.8. The smallest absolute Gasteiger partial charge is 0.440 e. The van der Waals surface area contributed by atoms with Gasteiger partial charge in [-0.25, -0.2) is 14.0 Å². The van der Waals surface area contributed by atoms with Gasteiger partial charge in [0.2, 0.25) is 0 Å². The van der Waals surface area contributed by atoms with E-state index in [0.717, 1.165) is 10.2 Å². The van der Waals surface area contributed by atoms with E-state index in [1.165, 1.54) is 0 Å². The molecule has 20 heavy (non-hydrogen) atoms. The van der Waals surface area contributed by atoms with Crippen LogP contribution in [0.4, 0.5) is 4.79 Å². The molecule has 1 amide bonds. The highest BCUT2D eigenvalue weighted by molar-refractivity contribution is 7.52. The van der Waals surface area contributed by atoms with Crippen LogP contribution >= 0.6 is 7.75 Å². The Balaban J connectivity index is 2.34. The van der Waals surface area contributed by atoms with Gasteiger partial charge in [0, 0.05) is 0 Å². The largest absolute Gasteiger partial charge is 0.446 e. The van der Waals surface area contributed by atoms with Gasteiger partial charge in [0.05, 0.1) is 13.2 Å². The lowest BCUT2D eigenvalue weighted by Crippen LogP contribution is -2.27. The second-order valence-electron chi connectivity index (χ2n) is 4.15. The van der Waals surface area contributed by atoms with Gasteiger partial charge in [0.1, 0.15) is 12.6 Å². The normalized spacial score (nSPS) is 19.2. The van der Waals surface area contributed by atoms with Crippen molar-refractivity contribution in [3.05, 3.63) is 35.9 Å². The van der Waals surface area contributed by atoms with Gasteiger partial charge in [-0.05, 0) is 19.4 Å². The van der Waals surface area contributed by atoms with Gasteiger partial charge >= 0.3 is 13.8 Å². The van der Waals surface area contributed by atoms with Crippen molar-refractivity contribution in [3.63, 3.8) is 0 Å². The van der Waals surface area contributed by atoms with Crippen LogP contribution in [-0.4, -0.2) is 30.6 Å². The number of ether oxygens (including phenoxy) is 1. The molecule has 0 radical (unpaired) electrons. The molecule has 110 valence electrons. The predicted octanol–water partition coefficient (Wildman–Crippen LogP) is 3.36. The summed E-state index contributed by atoms with van der Waals surface area (Å²) >= 11 is 0. The van der Waals surface area contributed by atoms with Crippen molar-refractivity contribution < 1.29 is 23.1 Å². The van der Waals surface area contributed by atoms with Crippen molar-refractivity contribution in [3.8, 4) is 0 Å². The van der Waals surface area contributed by atoms with E-state index in [-0.39, 0.29) is 19.8 Å². The summed E-state index contributed by atoms with van der Waals surface area (Å²) in [5.41, 5.74) is 0.831. The lowest BCUT2D eigenvalue weighted by atomic mass is 10.1. The zero-order chi connectivity index (χ0) is 14.6. The van der Waals surface area contributed by atoms with Crippen LogP contribution in [0.25, 0.3) is 0 Å². The molecule has 0 bridgehead atoms. The van der Waals surface area contributed by atoms with E-state index in [2.05, 4.69) is 0 Å². The van der Waals surface area contributed by atoms with Gasteiger partial charge in [0.25, 0.3) is 0 Å². The molecule has 1 heterocycles. The SMILES string of the molecule is CCOP(=O)(OCC)N1C(=O)OC[C@@H]1c1ccccc1. The first-order valence-corrected chi connectivity index (χ1v) is 8.02. The quantitative estimate of drug-likeness (QED) is 0.754. The number of cyclic esters (lactones) is 1. The van der Waals surface area contributed by atoms with Crippen LogP contribution < -0.4 is 0 Å². The van der Waals surface area contributed by atoms with E-state index >= 15 is 0 Å². The van der Waals surface area contributed by atoms with Gasteiger partial charge in [-0.3, -0.25) is 9.05 Å². The molecule has 1 atom stereocenters. The Morgan fingerprint density at radius 1 is 1.25 bits per heavy atom. The number of carbonyl (C=O) groups is 1. The average Bonchev–Trinajstić information content (AvgIpc) is 2.83. The number of amides is 1. The summed E-state index contributed by atoms with van der Waals surface area (Å²) in [7, 11) is -3.69. The van der Waals surface area contributed by atoms with Gasteiger partial charge in [0.15, 0.2) is 0 Å². The maximum Gasteiger partial charge on any atom is 0.440 e. The Morgan fingerprint density at radius 2 is 1.85 bits per heavy atom. The van der Waals surface area contributed by atoms with Crippen molar-refractivity contribution >= 4 is 13.8 Å². The van der Waals surface area contributed by atoms with Crippen molar-refractivity contribution in [2.24, 2.45) is 0 Å². The molecule has 1 aromatic rings. The monoisotopic (exact) mass is 299 g/mol. The molecule has 1 aromatic carbocycles. The molecular weight excluding hydrogens is 281 g/mol. The van der Waals surface area contributed by atoms with Crippen LogP contribution in [0.15, 0.2) is 30.3 Å². The molecule has 1 fully saturated rings. The number of nitrogens with zero attached hydrogens (tertiary/aromatic N) is 1. The van der Waals surface area contributed by atoms with Crippen LogP contribution in [0.3, 0.4) is 0 Å². The number of hydrogen-bond donors (Lipinski definition) is 0. The van der Waals surface area contributed by atoms with Crippen molar-refractivity contribution in [1.82, 2.24) is 4.67 Å². The molecular formula is C13H18NO5P. The third-order valence-electron chi connectivity index (χ3n) is 2.88. The Kier molecular flexibility index (Phi) is 4.81. The fraction of sp³-hybridized carbons (Fsp3) is 0.462. The summed E-state index contributed by atoms with van der Waals surface area (Å²) in [6.45, 7) is 3.90.